The van der Waals surface area contributed by atoms with Crippen LogP contribution in [0.5, 0.6) is 0 Å². The average Bonchev–Trinajstić information content (AvgIpc) is 2.34. The molecule has 0 unspecified atom stereocenters. The summed E-state index contributed by atoms with van der Waals surface area (Å²) >= 11 is 12.3. The number of thiol groups is 1. The summed E-state index contributed by atoms with van der Waals surface area (Å²) in [6, 6.07) is 0. The van der Waals surface area contributed by atoms with Gasteiger partial charge in [0.2, 0.25) is 0 Å². The molecule has 0 spiro atoms. The molecule has 18 heavy (non-hydrogen) atoms. The predicted octanol–water partition coefficient (Wildman–Crippen LogP) is 5.48. The quantitative estimate of drug-likeness (QED) is 0.197. The van der Waals surface area contributed by atoms with Gasteiger partial charge in [-0.05, 0) is 12.8 Å². The first-order valence-corrected chi connectivity index (χ1v) is 9.28. The molecule has 0 radical (unpaired) electrons. The minimum atomic E-state index is 0.620. The highest BCUT2D eigenvalue weighted by atomic mass is 79.9. The smallest absolute Gasteiger partial charge is 0.130 e. The molecule has 0 aliphatic heterocycles. The van der Waals surface area contributed by atoms with Crippen molar-refractivity contribution in [3.63, 3.8) is 0 Å². The highest BCUT2D eigenvalue weighted by molar-refractivity contribution is 9.09. The van der Waals surface area contributed by atoms with Gasteiger partial charge in [0.05, 0.1) is 0 Å². The van der Waals surface area contributed by atoms with Crippen molar-refractivity contribution in [1.29, 1.82) is 0 Å². The summed E-state index contributed by atoms with van der Waals surface area (Å²) < 4.78 is 0.620. The van der Waals surface area contributed by atoms with E-state index in [2.05, 4.69) is 33.9 Å². The number of hydrogen-bond donors (Lipinski definition) is 2. The van der Waals surface area contributed by atoms with Crippen LogP contribution >= 0.6 is 40.8 Å². The maximum Gasteiger partial charge on any atom is 0.130 e. The van der Waals surface area contributed by atoms with Crippen LogP contribution in [0.1, 0.15) is 70.6 Å². The van der Waals surface area contributed by atoms with Crippen molar-refractivity contribution in [1.82, 2.24) is 5.32 Å². The van der Waals surface area contributed by atoms with Crippen molar-refractivity contribution in [3.05, 3.63) is 0 Å². The maximum atomic E-state index is 4.83. The van der Waals surface area contributed by atoms with Crippen LogP contribution in [0.15, 0.2) is 0 Å². The van der Waals surface area contributed by atoms with Crippen molar-refractivity contribution in [3.8, 4) is 0 Å². The average molecular weight is 354 g/mol. The van der Waals surface area contributed by atoms with E-state index in [-0.39, 0.29) is 0 Å². The lowest BCUT2D eigenvalue weighted by molar-refractivity contribution is 0.549. The van der Waals surface area contributed by atoms with Gasteiger partial charge in [0.1, 0.15) is 4.32 Å². The normalized spacial score (nSPS) is 10.6. The van der Waals surface area contributed by atoms with Crippen molar-refractivity contribution < 1.29 is 0 Å². The van der Waals surface area contributed by atoms with E-state index in [1.807, 2.05) is 0 Å². The van der Waals surface area contributed by atoms with Crippen molar-refractivity contribution in [2.45, 2.75) is 70.6 Å². The monoisotopic (exact) mass is 353 g/mol. The van der Waals surface area contributed by atoms with Gasteiger partial charge in [0, 0.05) is 11.9 Å². The van der Waals surface area contributed by atoms with E-state index < -0.39 is 0 Å². The van der Waals surface area contributed by atoms with E-state index >= 15 is 0 Å². The number of thiocarbonyl (C=S) groups is 1. The third kappa shape index (κ3) is 16.7. The van der Waals surface area contributed by atoms with Crippen LogP contribution in [0.4, 0.5) is 0 Å². The lowest BCUT2D eigenvalue weighted by Crippen LogP contribution is -2.17. The molecule has 108 valence electrons. The first kappa shape index (κ1) is 18.7. The highest BCUT2D eigenvalue weighted by Crippen LogP contribution is 2.11. The zero-order chi connectivity index (χ0) is 13.5. The summed E-state index contributed by atoms with van der Waals surface area (Å²) in [5.41, 5.74) is 0. The van der Waals surface area contributed by atoms with Crippen LogP contribution in [-0.4, -0.2) is 16.2 Å². The summed E-state index contributed by atoms with van der Waals surface area (Å²) in [5, 5.41) is 4.24. The largest absolute Gasteiger partial charge is 0.371 e. The fraction of sp³-hybridized carbons (Fsp3) is 0.929. The zero-order valence-electron chi connectivity index (χ0n) is 11.4. The van der Waals surface area contributed by atoms with Gasteiger partial charge in [-0.25, -0.2) is 0 Å². The molecule has 0 saturated heterocycles. The van der Waals surface area contributed by atoms with Crippen molar-refractivity contribution in [2.75, 3.05) is 11.9 Å². The molecule has 4 heteroatoms. The molecule has 0 heterocycles. The molecule has 0 aromatic rings. The lowest BCUT2D eigenvalue weighted by atomic mass is 10.1. The Balaban J connectivity index is 2.92. The molecule has 1 N–H and O–H groups in total. The van der Waals surface area contributed by atoms with E-state index in [1.165, 1.54) is 76.0 Å². The van der Waals surface area contributed by atoms with Gasteiger partial charge in [-0.2, -0.15) is 0 Å². The molecule has 0 fully saturated rings. The van der Waals surface area contributed by atoms with Crippen LogP contribution in [-0.2, 0) is 0 Å². The fourth-order valence-corrected chi connectivity index (χ4v) is 2.62. The molecule has 1 nitrogen and oxygen atoms in total. The third-order valence-electron chi connectivity index (χ3n) is 3.09. The lowest BCUT2D eigenvalue weighted by Gasteiger charge is -2.04. The van der Waals surface area contributed by atoms with Crippen molar-refractivity contribution >= 4 is 45.1 Å². The number of hydrogen-bond acceptors (Lipinski definition) is 1. The number of nitrogens with one attached hydrogen (secondary N) is 1. The molecule has 0 saturated carbocycles. The number of unbranched alkanes of at least 4 members (excludes halogenated alkanes) is 10. The second-order valence-corrected chi connectivity index (χ2v) is 6.76. The first-order chi connectivity index (χ1) is 8.77. The number of halogens is 1. The Bertz CT molecular complexity index is 189. The van der Waals surface area contributed by atoms with Crippen molar-refractivity contribution in [2.24, 2.45) is 0 Å². The van der Waals surface area contributed by atoms with Crippen LogP contribution < -0.4 is 5.32 Å². The molecular formula is C14H28BrNS2. The molecule has 0 aromatic heterocycles. The molecule has 0 bridgehead atoms. The van der Waals surface area contributed by atoms with E-state index in [1.54, 1.807) is 0 Å². The molecule has 0 atom stereocenters. The molecule has 0 amide bonds. The summed E-state index contributed by atoms with van der Waals surface area (Å²) in [6.07, 6.45) is 15.1. The Morgan fingerprint density at radius 3 is 1.56 bits per heavy atom. The minimum absolute atomic E-state index is 0.620. The Morgan fingerprint density at radius 2 is 1.17 bits per heavy atom. The Hall–Kier alpha value is 0.720. The Morgan fingerprint density at radius 1 is 0.778 bits per heavy atom. The Kier molecular flexibility index (Phi) is 16.4. The van der Waals surface area contributed by atoms with Gasteiger partial charge < -0.3 is 5.32 Å². The third-order valence-corrected chi connectivity index (χ3v) is 3.95. The standard InChI is InChI=1S/C14H28BrNS2/c15-12-10-8-6-4-2-1-3-5-7-9-11-13-16-14(17)18/h1-13H2,(H2,16,17,18). The summed E-state index contributed by atoms with van der Waals surface area (Å²) in [7, 11) is 0. The van der Waals surface area contributed by atoms with Crippen LogP contribution in [0, 0.1) is 0 Å². The summed E-state index contributed by atoms with van der Waals surface area (Å²) in [5.74, 6) is 0. The second-order valence-electron chi connectivity index (χ2n) is 4.81. The van der Waals surface area contributed by atoms with E-state index in [4.69, 9.17) is 12.2 Å². The van der Waals surface area contributed by atoms with E-state index in [0.29, 0.717) is 4.32 Å². The highest BCUT2D eigenvalue weighted by Gasteiger charge is 1.93. The summed E-state index contributed by atoms with van der Waals surface area (Å²) in [4.78, 5) is 0. The zero-order valence-corrected chi connectivity index (χ0v) is 14.7. The maximum absolute atomic E-state index is 4.83. The van der Waals surface area contributed by atoms with Gasteiger partial charge in [-0.1, -0.05) is 85.9 Å². The topological polar surface area (TPSA) is 12.0 Å². The fourth-order valence-electron chi connectivity index (χ4n) is 2.01. The van der Waals surface area contributed by atoms with E-state index in [0.717, 1.165) is 6.54 Å². The SMILES string of the molecule is S=C(S)NCCCCCCCCCCCCCBr. The molecule has 0 aromatic carbocycles. The first-order valence-electron chi connectivity index (χ1n) is 7.30. The second kappa shape index (κ2) is 15.8. The summed E-state index contributed by atoms with van der Waals surface area (Å²) in [6.45, 7) is 0.982. The Labute approximate surface area is 132 Å². The number of rotatable bonds is 13. The minimum Gasteiger partial charge on any atom is -0.371 e. The van der Waals surface area contributed by atoms with Crippen LogP contribution in [0.25, 0.3) is 0 Å². The van der Waals surface area contributed by atoms with Gasteiger partial charge in [0.25, 0.3) is 0 Å². The molecule has 0 aliphatic carbocycles. The molecule has 0 rings (SSSR count). The van der Waals surface area contributed by atoms with Gasteiger partial charge in [-0.15, -0.1) is 12.6 Å². The van der Waals surface area contributed by atoms with Crippen LogP contribution in [0.2, 0.25) is 0 Å². The van der Waals surface area contributed by atoms with Gasteiger partial charge in [-0.3, -0.25) is 0 Å². The van der Waals surface area contributed by atoms with Gasteiger partial charge >= 0.3 is 0 Å². The number of alkyl halides is 1. The van der Waals surface area contributed by atoms with E-state index in [9.17, 15) is 0 Å². The van der Waals surface area contributed by atoms with Crippen LogP contribution in [0.3, 0.4) is 0 Å². The van der Waals surface area contributed by atoms with Gasteiger partial charge in [0.15, 0.2) is 0 Å². The molecular weight excluding hydrogens is 326 g/mol. The molecule has 0 aliphatic rings. The predicted molar refractivity (Wildman–Crippen MR) is 94.2 cm³/mol.